The van der Waals surface area contributed by atoms with Crippen LogP contribution in [0.1, 0.15) is 5.56 Å². The van der Waals surface area contributed by atoms with Gasteiger partial charge in [-0.25, -0.2) is 4.39 Å². The molecule has 0 aliphatic carbocycles. The number of thioether (sulfide) groups is 1. The van der Waals surface area contributed by atoms with Gasteiger partial charge in [-0.15, -0.1) is 10.2 Å². The van der Waals surface area contributed by atoms with E-state index in [0.29, 0.717) is 10.8 Å². The maximum absolute atomic E-state index is 13.1. The Bertz CT molecular complexity index is 599. The quantitative estimate of drug-likeness (QED) is 0.870. The lowest BCUT2D eigenvalue weighted by Crippen LogP contribution is -2.15. The number of benzene rings is 1. The molecule has 2 rings (SSSR count). The van der Waals surface area contributed by atoms with Crippen molar-refractivity contribution in [3.63, 3.8) is 0 Å². The highest BCUT2D eigenvalue weighted by atomic mass is 32.2. The minimum Gasteiger partial charge on any atom is -0.325 e. The summed E-state index contributed by atoms with van der Waals surface area (Å²) in [5.41, 5.74) is 1.31. The second-order valence-electron chi connectivity index (χ2n) is 4.02. The monoisotopic (exact) mass is 280 g/mol. The molecule has 19 heavy (non-hydrogen) atoms. The fourth-order valence-electron chi connectivity index (χ4n) is 1.45. The zero-order valence-corrected chi connectivity index (χ0v) is 11.4. The molecule has 0 unspecified atom stereocenters. The van der Waals surface area contributed by atoms with Gasteiger partial charge in [-0.2, -0.15) is 0 Å². The second kappa shape index (κ2) is 5.83. The minimum absolute atomic E-state index is 0.197. The lowest BCUT2D eigenvalue weighted by Gasteiger charge is -2.08. The van der Waals surface area contributed by atoms with Crippen LogP contribution >= 0.6 is 11.8 Å². The molecule has 0 atom stereocenters. The molecule has 0 saturated heterocycles. The van der Waals surface area contributed by atoms with Crippen LogP contribution in [0.25, 0.3) is 0 Å². The number of carbonyl (C=O) groups is 1. The summed E-state index contributed by atoms with van der Waals surface area (Å²) < 4.78 is 14.8. The molecule has 100 valence electrons. The molecule has 1 N–H and O–H groups in total. The molecular formula is C12H13FN4OS. The summed E-state index contributed by atoms with van der Waals surface area (Å²) in [6.45, 7) is 1.81. The summed E-state index contributed by atoms with van der Waals surface area (Å²) >= 11 is 1.27. The highest BCUT2D eigenvalue weighted by molar-refractivity contribution is 7.99. The summed E-state index contributed by atoms with van der Waals surface area (Å²) in [6, 6.07) is 4.29. The summed E-state index contributed by atoms with van der Waals surface area (Å²) in [6.07, 6.45) is 1.57. The molecule has 1 aromatic carbocycles. The number of hydrogen-bond acceptors (Lipinski definition) is 4. The van der Waals surface area contributed by atoms with Crippen LogP contribution in [-0.2, 0) is 11.8 Å². The second-order valence-corrected chi connectivity index (χ2v) is 4.96. The largest absolute Gasteiger partial charge is 0.325 e. The molecule has 0 fully saturated rings. The number of rotatable bonds is 4. The first-order valence-electron chi connectivity index (χ1n) is 5.59. The number of hydrogen-bond donors (Lipinski definition) is 1. The molecule has 7 heteroatoms. The van der Waals surface area contributed by atoms with E-state index >= 15 is 0 Å². The Morgan fingerprint density at radius 3 is 3.00 bits per heavy atom. The van der Waals surface area contributed by atoms with Crippen molar-refractivity contribution in [1.29, 1.82) is 0 Å². The van der Waals surface area contributed by atoms with Crippen LogP contribution in [0, 0.1) is 12.7 Å². The maximum Gasteiger partial charge on any atom is 0.234 e. The standard InChI is InChI=1S/C12H13FN4OS/c1-8-3-4-9(13)5-10(8)15-11(18)6-19-12-16-14-7-17(12)2/h3-5,7H,6H2,1-2H3,(H,15,18). The average Bonchev–Trinajstić information content (AvgIpc) is 2.77. The van der Waals surface area contributed by atoms with Gasteiger partial charge in [-0.05, 0) is 24.6 Å². The Kier molecular flexibility index (Phi) is 4.16. The van der Waals surface area contributed by atoms with Gasteiger partial charge in [0.25, 0.3) is 0 Å². The highest BCUT2D eigenvalue weighted by Crippen LogP contribution is 2.18. The average molecular weight is 280 g/mol. The van der Waals surface area contributed by atoms with Gasteiger partial charge in [0.2, 0.25) is 5.91 Å². The molecule has 0 radical (unpaired) electrons. The number of halogens is 1. The van der Waals surface area contributed by atoms with Crippen LogP contribution in [0.4, 0.5) is 10.1 Å². The van der Waals surface area contributed by atoms with Crippen LogP contribution < -0.4 is 5.32 Å². The Balaban J connectivity index is 1.94. The number of nitrogens with one attached hydrogen (secondary N) is 1. The molecule has 0 bridgehead atoms. The van der Waals surface area contributed by atoms with Crippen LogP contribution in [0.3, 0.4) is 0 Å². The number of aryl methyl sites for hydroxylation is 2. The normalized spacial score (nSPS) is 10.5. The Morgan fingerprint density at radius 2 is 2.32 bits per heavy atom. The van der Waals surface area contributed by atoms with Crippen molar-refractivity contribution in [3.05, 3.63) is 35.9 Å². The first-order valence-corrected chi connectivity index (χ1v) is 6.57. The predicted octanol–water partition coefficient (Wildman–Crippen LogP) is 1.99. The highest BCUT2D eigenvalue weighted by Gasteiger charge is 2.09. The lowest BCUT2D eigenvalue weighted by atomic mass is 10.2. The summed E-state index contributed by atoms with van der Waals surface area (Å²) in [5.74, 6) is -0.383. The van der Waals surface area contributed by atoms with Crippen molar-refractivity contribution >= 4 is 23.4 Å². The molecule has 0 saturated carbocycles. The van der Waals surface area contributed by atoms with Crippen molar-refractivity contribution in [2.24, 2.45) is 7.05 Å². The third-order valence-electron chi connectivity index (χ3n) is 2.48. The van der Waals surface area contributed by atoms with Crippen molar-refractivity contribution in [1.82, 2.24) is 14.8 Å². The number of nitrogens with zero attached hydrogens (tertiary/aromatic N) is 3. The van der Waals surface area contributed by atoms with Gasteiger partial charge >= 0.3 is 0 Å². The first kappa shape index (κ1) is 13.5. The zero-order valence-electron chi connectivity index (χ0n) is 10.6. The van der Waals surface area contributed by atoms with Gasteiger partial charge in [0.15, 0.2) is 5.16 Å². The van der Waals surface area contributed by atoms with E-state index in [0.717, 1.165) is 5.56 Å². The fourth-order valence-corrected chi connectivity index (χ4v) is 2.14. The first-order chi connectivity index (χ1) is 9.06. The number of carbonyl (C=O) groups excluding carboxylic acids is 1. The van der Waals surface area contributed by atoms with Gasteiger partial charge in [-0.3, -0.25) is 4.79 Å². The van der Waals surface area contributed by atoms with E-state index in [1.165, 1.54) is 23.9 Å². The van der Waals surface area contributed by atoms with Crippen LogP contribution in [-0.4, -0.2) is 26.4 Å². The molecule has 2 aromatic rings. The summed E-state index contributed by atoms with van der Waals surface area (Å²) in [4.78, 5) is 11.8. The van der Waals surface area contributed by atoms with Crippen molar-refractivity contribution in [3.8, 4) is 0 Å². The van der Waals surface area contributed by atoms with Crippen LogP contribution in [0.2, 0.25) is 0 Å². The molecule has 1 heterocycles. The van der Waals surface area contributed by atoms with Gasteiger partial charge in [0.05, 0.1) is 5.75 Å². The molecule has 1 amide bonds. The van der Waals surface area contributed by atoms with E-state index in [4.69, 9.17) is 0 Å². The van der Waals surface area contributed by atoms with E-state index in [-0.39, 0.29) is 17.5 Å². The fraction of sp³-hybridized carbons (Fsp3) is 0.250. The molecule has 0 aliphatic rings. The SMILES string of the molecule is Cc1ccc(F)cc1NC(=O)CSc1nncn1C. The maximum atomic E-state index is 13.1. The smallest absolute Gasteiger partial charge is 0.234 e. The van der Waals surface area contributed by atoms with E-state index in [9.17, 15) is 9.18 Å². The van der Waals surface area contributed by atoms with Crippen molar-refractivity contribution in [2.45, 2.75) is 12.1 Å². The van der Waals surface area contributed by atoms with Gasteiger partial charge in [-0.1, -0.05) is 17.8 Å². The summed E-state index contributed by atoms with van der Waals surface area (Å²) in [5, 5.41) is 10.9. The predicted molar refractivity (Wildman–Crippen MR) is 71.5 cm³/mol. The molecular weight excluding hydrogens is 267 g/mol. The minimum atomic E-state index is -0.373. The third-order valence-corrected chi connectivity index (χ3v) is 3.51. The Morgan fingerprint density at radius 1 is 1.53 bits per heavy atom. The van der Waals surface area contributed by atoms with E-state index in [1.807, 2.05) is 6.92 Å². The number of anilines is 1. The number of aromatic nitrogens is 3. The van der Waals surface area contributed by atoms with E-state index < -0.39 is 0 Å². The van der Waals surface area contributed by atoms with Gasteiger partial charge in [0, 0.05) is 12.7 Å². The topological polar surface area (TPSA) is 59.8 Å². The van der Waals surface area contributed by atoms with Crippen LogP contribution in [0.5, 0.6) is 0 Å². The van der Waals surface area contributed by atoms with Gasteiger partial charge < -0.3 is 9.88 Å². The number of amides is 1. The van der Waals surface area contributed by atoms with E-state index in [2.05, 4.69) is 15.5 Å². The zero-order chi connectivity index (χ0) is 13.8. The molecule has 5 nitrogen and oxygen atoms in total. The summed E-state index contributed by atoms with van der Waals surface area (Å²) in [7, 11) is 1.80. The van der Waals surface area contributed by atoms with Crippen molar-refractivity contribution in [2.75, 3.05) is 11.1 Å². The molecule has 1 aromatic heterocycles. The Labute approximate surface area is 114 Å². The van der Waals surface area contributed by atoms with E-state index in [1.54, 1.807) is 24.0 Å². The third kappa shape index (κ3) is 3.54. The van der Waals surface area contributed by atoms with Gasteiger partial charge in [0.1, 0.15) is 12.1 Å². The molecule has 0 spiro atoms. The Hall–Kier alpha value is -1.89. The van der Waals surface area contributed by atoms with Crippen molar-refractivity contribution < 1.29 is 9.18 Å². The lowest BCUT2D eigenvalue weighted by molar-refractivity contribution is -0.113. The molecule has 0 aliphatic heterocycles. The van der Waals surface area contributed by atoms with Crippen LogP contribution in [0.15, 0.2) is 29.7 Å².